The number of rotatable bonds is 4. The van der Waals surface area contributed by atoms with Crippen LogP contribution in [0.4, 0.5) is 4.39 Å². The minimum Gasteiger partial charge on any atom is -0.321 e. The summed E-state index contributed by atoms with van der Waals surface area (Å²) >= 11 is 10.6. The van der Waals surface area contributed by atoms with Crippen LogP contribution in [0.1, 0.15) is 10.8 Å². The first-order valence-electron chi connectivity index (χ1n) is 5.97. The molecule has 3 aromatic rings. The SMILES string of the molecule is Fc1cc2nc(CCCl)n(Cc3nccs3)c2cc1Br. The molecule has 0 aliphatic heterocycles. The van der Waals surface area contributed by atoms with Crippen molar-refractivity contribution in [1.82, 2.24) is 14.5 Å². The molecule has 3 rings (SSSR count). The van der Waals surface area contributed by atoms with Crippen LogP contribution in [-0.4, -0.2) is 20.4 Å². The molecule has 0 aliphatic carbocycles. The molecule has 2 aromatic heterocycles. The van der Waals surface area contributed by atoms with Crippen LogP contribution >= 0.6 is 38.9 Å². The second kappa shape index (κ2) is 5.79. The lowest BCUT2D eigenvalue weighted by Crippen LogP contribution is -2.05. The van der Waals surface area contributed by atoms with Crippen LogP contribution in [0.15, 0.2) is 28.2 Å². The second-order valence-corrected chi connectivity index (χ2v) is 6.45. The molecule has 0 N–H and O–H groups in total. The van der Waals surface area contributed by atoms with Gasteiger partial charge in [-0.2, -0.15) is 0 Å². The first-order chi connectivity index (χ1) is 9.69. The molecule has 0 spiro atoms. The highest BCUT2D eigenvalue weighted by molar-refractivity contribution is 9.10. The molecule has 1 aromatic carbocycles. The average molecular weight is 375 g/mol. The minimum absolute atomic E-state index is 0.311. The van der Waals surface area contributed by atoms with E-state index in [4.69, 9.17) is 11.6 Å². The molecule has 0 unspecified atom stereocenters. The molecular formula is C13H10BrClFN3S. The van der Waals surface area contributed by atoms with Gasteiger partial charge in [-0.05, 0) is 22.0 Å². The summed E-state index contributed by atoms with van der Waals surface area (Å²) in [5.41, 5.74) is 1.52. The Bertz CT molecular complexity index is 742. The number of aryl methyl sites for hydroxylation is 1. The van der Waals surface area contributed by atoms with Gasteiger partial charge in [-0.1, -0.05) is 0 Å². The van der Waals surface area contributed by atoms with E-state index in [-0.39, 0.29) is 5.82 Å². The van der Waals surface area contributed by atoms with Crippen molar-refractivity contribution < 1.29 is 4.39 Å². The average Bonchev–Trinajstić information content (AvgIpc) is 3.02. The van der Waals surface area contributed by atoms with Crippen molar-refractivity contribution in [3.8, 4) is 0 Å². The van der Waals surface area contributed by atoms with E-state index in [9.17, 15) is 4.39 Å². The van der Waals surface area contributed by atoms with Gasteiger partial charge >= 0.3 is 0 Å². The molecule has 0 aliphatic rings. The van der Waals surface area contributed by atoms with E-state index in [1.807, 2.05) is 9.95 Å². The summed E-state index contributed by atoms with van der Waals surface area (Å²) in [4.78, 5) is 8.77. The van der Waals surface area contributed by atoms with Crippen LogP contribution in [0.3, 0.4) is 0 Å². The van der Waals surface area contributed by atoms with E-state index in [0.717, 1.165) is 16.3 Å². The molecule has 104 valence electrons. The Balaban J connectivity index is 2.15. The van der Waals surface area contributed by atoms with Gasteiger partial charge in [-0.3, -0.25) is 0 Å². The highest BCUT2D eigenvalue weighted by Crippen LogP contribution is 2.25. The van der Waals surface area contributed by atoms with E-state index >= 15 is 0 Å². The number of halogens is 3. The maximum atomic E-state index is 13.6. The van der Waals surface area contributed by atoms with Crippen LogP contribution in [0.25, 0.3) is 11.0 Å². The fourth-order valence-electron chi connectivity index (χ4n) is 2.09. The van der Waals surface area contributed by atoms with Crippen molar-refractivity contribution in [3.05, 3.63) is 44.8 Å². The first-order valence-corrected chi connectivity index (χ1v) is 8.18. The number of imidazole rings is 1. The third-order valence-corrected chi connectivity index (χ3v) is 4.53. The molecule has 2 heterocycles. The highest BCUT2D eigenvalue weighted by atomic mass is 79.9. The second-order valence-electron chi connectivity index (χ2n) is 4.23. The summed E-state index contributed by atoms with van der Waals surface area (Å²) in [5.74, 6) is 1.02. The fourth-order valence-corrected chi connectivity index (χ4v) is 3.19. The number of benzene rings is 1. The fraction of sp³-hybridized carbons (Fsp3) is 0.231. The van der Waals surface area contributed by atoms with Gasteiger partial charge in [0.15, 0.2) is 0 Å². The zero-order valence-electron chi connectivity index (χ0n) is 10.3. The normalized spacial score (nSPS) is 11.3. The molecule has 0 radical (unpaired) electrons. The monoisotopic (exact) mass is 373 g/mol. The highest BCUT2D eigenvalue weighted by Gasteiger charge is 2.14. The number of aromatic nitrogens is 3. The third kappa shape index (κ3) is 2.60. The summed E-state index contributed by atoms with van der Waals surface area (Å²) in [6.07, 6.45) is 2.41. The molecule has 7 heteroatoms. The summed E-state index contributed by atoms with van der Waals surface area (Å²) in [6, 6.07) is 3.19. The van der Waals surface area contributed by atoms with Crippen molar-refractivity contribution >= 4 is 49.9 Å². The topological polar surface area (TPSA) is 30.7 Å². The number of thiazole rings is 1. The standard InChI is InChI=1S/C13H10BrClFN3S/c14-8-5-11-10(6-9(8)16)18-12(1-2-15)19(11)7-13-17-3-4-20-13/h3-6H,1-2,7H2. The summed E-state index contributed by atoms with van der Waals surface area (Å²) < 4.78 is 16.1. The Morgan fingerprint density at radius 1 is 1.40 bits per heavy atom. The molecule has 0 saturated carbocycles. The van der Waals surface area contributed by atoms with Crippen LogP contribution in [0, 0.1) is 5.82 Å². The minimum atomic E-state index is -0.311. The number of fused-ring (bicyclic) bond motifs is 1. The smallest absolute Gasteiger partial charge is 0.139 e. The Morgan fingerprint density at radius 3 is 2.95 bits per heavy atom. The van der Waals surface area contributed by atoms with Gasteiger partial charge in [0.1, 0.15) is 16.6 Å². The molecular weight excluding hydrogens is 365 g/mol. The largest absolute Gasteiger partial charge is 0.321 e. The van der Waals surface area contributed by atoms with Gasteiger partial charge in [0.2, 0.25) is 0 Å². The maximum Gasteiger partial charge on any atom is 0.139 e. The van der Waals surface area contributed by atoms with Crippen molar-refractivity contribution in [1.29, 1.82) is 0 Å². The predicted molar refractivity (Wildman–Crippen MR) is 83.0 cm³/mol. The zero-order valence-corrected chi connectivity index (χ0v) is 13.5. The van der Waals surface area contributed by atoms with E-state index in [1.54, 1.807) is 23.6 Å². The molecule has 0 fully saturated rings. The van der Waals surface area contributed by atoms with Crippen molar-refractivity contribution in [2.45, 2.75) is 13.0 Å². The zero-order chi connectivity index (χ0) is 14.1. The van der Waals surface area contributed by atoms with E-state index in [0.29, 0.717) is 28.8 Å². The molecule has 0 atom stereocenters. The number of nitrogens with zero attached hydrogens (tertiary/aromatic N) is 3. The van der Waals surface area contributed by atoms with Crippen LogP contribution in [-0.2, 0) is 13.0 Å². The van der Waals surface area contributed by atoms with Gasteiger partial charge in [-0.15, -0.1) is 22.9 Å². The van der Waals surface area contributed by atoms with Gasteiger partial charge in [0, 0.05) is 29.9 Å². The Morgan fingerprint density at radius 2 is 2.25 bits per heavy atom. The van der Waals surface area contributed by atoms with Gasteiger partial charge in [0.05, 0.1) is 22.1 Å². The number of alkyl halides is 1. The molecule has 0 amide bonds. The lowest BCUT2D eigenvalue weighted by Gasteiger charge is -2.06. The van der Waals surface area contributed by atoms with Crippen molar-refractivity contribution in [2.75, 3.05) is 5.88 Å². The van der Waals surface area contributed by atoms with E-state index in [1.165, 1.54) is 6.07 Å². The van der Waals surface area contributed by atoms with Crippen LogP contribution in [0.2, 0.25) is 0 Å². The molecule has 20 heavy (non-hydrogen) atoms. The van der Waals surface area contributed by atoms with E-state index in [2.05, 4.69) is 25.9 Å². The lowest BCUT2D eigenvalue weighted by atomic mass is 10.3. The van der Waals surface area contributed by atoms with Crippen molar-refractivity contribution in [2.24, 2.45) is 0 Å². The van der Waals surface area contributed by atoms with Gasteiger partial charge < -0.3 is 4.57 Å². The number of hydrogen-bond donors (Lipinski definition) is 0. The summed E-state index contributed by atoms with van der Waals surface area (Å²) in [6.45, 7) is 0.623. The lowest BCUT2D eigenvalue weighted by molar-refractivity contribution is 0.622. The van der Waals surface area contributed by atoms with Crippen molar-refractivity contribution in [3.63, 3.8) is 0 Å². The van der Waals surface area contributed by atoms with Gasteiger partial charge in [0.25, 0.3) is 0 Å². The molecule has 0 saturated heterocycles. The van der Waals surface area contributed by atoms with Crippen LogP contribution < -0.4 is 0 Å². The maximum absolute atomic E-state index is 13.6. The van der Waals surface area contributed by atoms with E-state index < -0.39 is 0 Å². The van der Waals surface area contributed by atoms with Gasteiger partial charge in [-0.25, -0.2) is 14.4 Å². The summed E-state index contributed by atoms with van der Waals surface area (Å²) in [7, 11) is 0. The molecule has 0 bridgehead atoms. The number of hydrogen-bond acceptors (Lipinski definition) is 3. The Labute approximate surface area is 132 Å². The Hall–Kier alpha value is -0.980. The third-order valence-electron chi connectivity index (χ3n) is 2.96. The van der Waals surface area contributed by atoms with Crippen LogP contribution in [0.5, 0.6) is 0 Å². The predicted octanol–water partition coefficient (Wildman–Crippen LogP) is 4.22. The molecule has 3 nitrogen and oxygen atoms in total. The quantitative estimate of drug-likeness (QED) is 0.640. The Kier molecular flexibility index (Phi) is 4.05. The summed E-state index contributed by atoms with van der Waals surface area (Å²) in [5, 5.41) is 2.92. The first kappa shape index (κ1) is 14.0.